The topological polar surface area (TPSA) is 53.1 Å². The molecule has 0 saturated carbocycles. The van der Waals surface area contributed by atoms with Gasteiger partial charge in [-0.05, 0) is 24.6 Å². The quantitative estimate of drug-likeness (QED) is 0.876. The van der Waals surface area contributed by atoms with E-state index < -0.39 is 0 Å². The Labute approximate surface area is 101 Å². The number of ether oxygens (including phenoxy) is 1. The lowest BCUT2D eigenvalue weighted by Gasteiger charge is -2.08. The Bertz CT molecular complexity index is 505. The summed E-state index contributed by atoms with van der Waals surface area (Å²) in [5.74, 6) is 0.833. The normalized spacial score (nSPS) is 10.5. The van der Waals surface area contributed by atoms with E-state index in [9.17, 15) is 0 Å². The largest absolute Gasteiger partial charge is 0.496 e. The van der Waals surface area contributed by atoms with E-state index in [1.54, 1.807) is 7.11 Å². The van der Waals surface area contributed by atoms with Crippen molar-refractivity contribution in [2.45, 2.75) is 20.0 Å². The lowest BCUT2D eigenvalue weighted by Crippen LogP contribution is -1.99. The van der Waals surface area contributed by atoms with Gasteiger partial charge < -0.3 is 10.5 Å². The number of nitrogens with two attached hydrogens (primary N) is 1. The van der Waals surface area contributed by atoms with Crippen LogP contribution in [0, 0.1) is 0 Å². The molecule has 1 aromatic carbocycles. The molecule has 17 heavy (non-hydrogen) atoms. The first-order valence-corrected chi connectivity index (χ1v) is 5.68. The van der Waals surface area contributed by atoms with Crippen molar-refractivity contribution in [2.75, 3.05) is 7.11 Å². The molecule has 0 unspecified atom stereocenters. The van der Waals surface area contributed by atoms with E-state index in [1.165, 1.54) is 0 Å². The van der Waals surface area contributed by atoms with E-state index in [4.69, 9.17) is 10.5 Å². The minimum atomic E-state index is 0.471. The van der Waals surface area contributed by atoms with Gasteiger partial charge in [0.25, 0.3) is 0 Å². The molecular formula is C13H17N3O. The number of aryl methyl sites for hydroxylation is 1. The molecule has 4 heteroatoms. The predicted molar refractivity (Wildman–Crippen MR) is 67.8 cm³/mol. The first kappa shape index (κ1) is 11.7. The summed E-state index contributed by atoms with van der Waals surface area (Å²) in [5.41, 5.74) is 8.93. The molecule has 0 spiro atoms. The third-order valence-corrected chi connectivity index (χ3v) is 2.79. The molecule has 2 rings (SSSR count). The van der Waals surface area contributed by atoms with Crippen LogP contribution in [0.1, 0.15) is 12.5 Å². The Morgan fingerprint density at radius 1 is 1.35 bits per heavy atom. The molecule has 0 fully saturated rings. The first-order valence-electron chi connectivity index (χ1n) is 5.68. The Morgan fingerprint density at radius 3 is 2.76 bits per heavy atom. The molecule has 2 N–H and O–H groups in total. The van der Waals surface area contributed by atoms with Gasteiger partial charge >= 0.3 is 0 Å². The lowest BCUT2D eigenvalue weighted by molar-refractivity contribution is 0.410. The first-order chi connectivity index (χ1) is 8.28. The standard InChI is InChI=1S/C13H17N3O/c1-3-16-9-12(8-15-16)10-4-5-13(17-2)11(6-10)7-14/h4-6,8-9H,3,7,14H2,1-2H3. The Kier molecular flexibility index (Phi) is 3.44. The Balaban J connectivity index is 2.38. The monoisotopic (exact) mass is 231 g/mol. The predicted octanol–water partition coefficient (Wildman–Crippen LogP) is 2.04. The van der Waals surface area contributed by atoms with Crippen LogP contribution in [0.5, 0.6) is 5.75 Å². The molecule has 0 aliphatic carbocycles. The van der Waals surface area contributed by atoms with Gasteiger partial charge in [-0.25, -0.2) is 0 Å². The van der Waals surface area contributed by atoms with Crippen LogP contribution >= 0.6 is 0 Å². The van der Waals surface area contributed by atoms with Crippen LogP contribution in [-0.4, -0.2) is 16.9 Å². The third kappa shape index (κ3) is 2.31. The summed E-state index contributed by atoms with van der Waals surface area (Å²) in [5, 5.41) is 4.26. The SMILES string of the molecule is CCn1cc(-c2ccc(OC)c(CN)c2)cn1. The summed E-state index contributed by atoms with van der Waals surface area (Å²) in [6.45, 7) is 3.41. The van der Waals surface area contributed by atoms with Crippen molar-refractivity contribution >= 4 is 0 Å². The Morgan fingerprint density at radius 2 is 2.18 bits per heavy atom. The number of methoxy groups -OCH3 is 1. The molecule has 90 valence electrons. The number of nitrogens with zero attached hydrogens (tertiary/aromatic N) is 2. The summed E-state index contributed by atoms with van der Waals surface area (Å²) >= 11 is 0. The molecule has 1 heterocycles. The van der Waals surface area contributed by atoms with E-state index in [0.717, 1.165) is 29.0 Å². The van der Waals surface area contributed by atoms with E-state index in [0.29, 0.717) is 6.54 Å². The maximum absolute atomic E-state index is 5.70. The highest BCUT2D eigenvalue weighted by molar-refractivity contribution is 5.64. The van der Waals surface area contributed by atoms with Gasteiger partial charge in [-0.15, -0.1) is 0 Å². The number of rotatable bonds is 4. The van der Waals surface area contributed by atoms with Gasteiger partial charge in [0.2, 0.25) is 0 Å². The van der Waals surface area contributed by atoms with Crippen LogP contribution in [0.25, 0.3) is 11.1 Å². The van der Waals surface area contributed by atoms with Gasteiger partial charge in [-0.1, -0.05) is 6.07 Å². The highest BCUT2D eigenvalue weighted by Crippen LogP contribution is 2.26. The second-order valence-electron chi connectivity index (χ2n) is 3.82. The number of aromatic nitrogens is 2. The lowest BCUT2D eigenvalue weighted by atomic mass is 10.1. The van der Waals surface area contributed by atoms with Crippen molar-refractivity contribution in [3.63, 3.8) is 0 Å². The fraction of sp³-hybridized carbons (Fsp3) is 0.308. The third-order valence-electron chi connectivity index (χ3n) is 2.79. The van der Waals surface area contributed by atoms with Gasteiger partial charge in [0.05, 0.1) is 13.3 Å². The zero-order valence-corrected chi connectivity index (χ0v) is 10.2. The van der Waals surface area contributed by atoms with Gasteiger partial charge in [0, 0.05) is 30.4 Å². The zero-order chi connectivity index (χ0) is 12.3. The van der Waals surface area contributed by atoms with Crippen molar-refractivity contribution in [3.05, 3.63) is 36.2 Å². The van der Waals surface area contributed by atoms with Crippen molar-refractivity contribution in [1.82, 2.24) is 9.78 Å². The highest BCUT2D eigenvalue weighted by atomic mass is 16.5. The summed E-state index contributed by atoms with van der Waals surface area (Å²) in [7, 11) is 1.66. The molecular weight excluding hydrogens is 214 g/mol. The molecule has 4 nitrogen and oxygen atoms in total. The van der Waals surface area contributed by atoms with Crippen molar-refractivity contribution in [1.29, 1.82) is 0 Å². The molecule has 0 atom stereocenters. The van der Waals surface area contributed by atoms with Crippen LogP contribution in [-0.2, 0) is 13.1 Å². The molecule has 0 aliphatic heterocycles. The smallest absolute Gasteiger partial charge is 0.123 e. The molecule has 0 radical (unpaired) electrons. The summed E-state index contributed by atoms with van der Waals surface area (Å²) in [6, 6.07) is 6.02. The second kappa shape index (κ2) is 5.01. The number of hydrogen-bond acceptors (Lipinski definition) is 3. The van der Waals surface area contributed by atoms with Crippen LogP contribution in [0.4, 0.5) is 0 Å². The van der Waals surface area contributed by atoms with Gasteiger partial charge in [-0.2, -0.15) is 5.10 Å². The van der Waals surface area contributed by atoms with Crippen LogP contribution in [0.15, 0.2) is 30.6 Å². The van der Waals surface area contributed by atoms with E-state index >= 15 is 0 Å². The average molecular weight is 231 g/mol. The van der Waals surface area contributed by atoms with Crippen LogP contribution in [0.2, 0.25) is 0 Å². The molecule has 2 aromatic rings. The van der Waals surface area contributed by atoms with Gasteiger partial charge in [-0.3, -0.25) is 4.68 Å². The number of benzene rings is 1. The van der Waals surface area contributed by atoms with E-state index in [2.05, 4.69) is 18.1 Å². The zero-order valence-electron chi connectivity index (χ0n) is 10.2. The van der Waals surface area contributed by atoms with Crippen molar-refractivity contribution < 1.29 is 4.74 Å². The molecule has 0 saturated heterocycles. The van der Waals surface area contributed by atoms with Crippen LogP contribution in [0.3, 0.4) is 0 Å². The molecule has 0 bridgehead atoms. The minimum absolute atomic E-state index is 0.471. The van der Waals surface area contributed by atoms with E-state index in [-0.39, 0.29) is 0 Å². The molecule has 0 amide bonds. The number of hydrogen-bond donors (Lipinski definition) is 1. The maximum Gasteiger partial charge on any atom is 0.123 e. The van der Waals surface area contributed by atoms with E-state index in [1.807, 2.05) is 29.2 Å². The molecule has 1 aromatic heterocycles. The van der Waals surface area contributed by atoms with Crippen molar-refractivity contribution in [2.24, 2.45) is 5.73 Å². The summed E-state index contributed by atoms with van der Waals surface area (Å²) in [4.78, 5) is 0. The van der Waals surface area contributed by atoms with Gasteiger partial charge in [0.15, 0.2) is 0 Å². The highest BCUT2D eigenvalue weighted by Gasteiger charge is 2.06. The minimum Gasteiger partial charge on any atom is -0.496 e. The van der Waals surface area contributed by atoms with Crippen molar-refractivity contribution in [3.8, 4) is 16.9 Å². The van der Waals surface area contributed by atoms with Gasteiger partial charge in [0.1, 0.15) is 5.75 Å². The summed E-state index contributed by atoms with van der Waals surface area (Å²) < 4.78 is 7.16. The maximum atomic E-state index is 5.70. The Hall–Kier alpha value is -1.81. The fourth-order valence-electron chi connectivity index (χ4n) is 1.80. The fourth-order valence-corrected chi connectivity index (χ4v) is 1.80. The molecule has 0 aliphatic rings. The second-order valence-corrected chi connectivity index (χ2v) is 3.82. The average Bonchev–Trinajstić information content (AvgIpc) is 2.86. The van der Waals surface area contributed by atoms with Crippen LogP contribution < -0.4 is 10.5 Å². The summed E-state index contributed by atoms with van der Waals surface area (Å²) in [6.07, 6.45) is 3.90.